The van der Waals surface area contributed by atoms with Crippen LogP contribution >= 0.6 is 0 Å². The van der Waals surface area contributed by atoms with Crippen LogP contribution < -0.4 is 10.1 Å². The minimum absolute atomic E-state index is 0.0310. The van der Waals surface area contributed by atoms with Crippen LogP contribution in [0.25, 0.3) is 11.1 Å². The molecule has 0 spiro atoms. The largest absolute Gasteiger partial charge is 0.493 e. The van der Waals surface area contributed by atoms with Gasteiger partial charge in [0.15, 0.2) is 0 Å². The molecule has 0 radical (unpaired) electrons. The van der Waals surface area contributed by atoms with E-state index < -0.39 is 5.97 Å². The highest BCUT2D eigenvalue weighted by Crippen LogP contribution is 2.30. The van der Waals surface area contributed by atoms with Crippen molar-refractivity contribution in [3.05, 3.63) is 54.1 Å². The molecule has 0 aliphatic rings. The predicted molar refractivity (Wildman–Crippen MR) is 96.8 cm³/mol. The van der Waals surface area contributed by atoms with Crippen LogP contribution in [0.15, 0.2) is 48.5 Å². The molecule has 0 aromatic heterocycles. The lowest BCUT2D eigenvalue weighted by Crippen LogP contribution is -2.32. The van der Waals surface area contributed by atoms with E-state index in [1.165, 1.54) is 0 Å². The van der Waals surface area contributed by atoms with Crippen molar-refractivity contribution in [2.24, 2.45) is 0 Å². The summed E-state index contributed by atoms with van der Waals surface area (Å²) in [5.74, 6) is -0.304. The summed E-state index contributed by atoms with van der Waals surface area (Å²) in [4.78, 5) is 23.0. The van der Waals surface area contributed by atoms with Crippen molar-refractivity contribution in [1.82, 2.24) is 5.32 Å². The molecule has 1 atom stereocenters. The highest BCUT2D eigenvalue weighted by molar-refractivity contribution is 5.95. The fourth-order valence-corrected chi connectivity index (χ4v) is 2.53. The van der Waals surface area contributed by atoms with Gasteiger partial charge in [0.05, 0.1) is 6.61 Å². The summed E-state index contributed by atoms with van der Waals surface area (Å²) in [5, 5.41) is 11.6. The highest BCUT2D eigenvalue weighted by atomic mass is 16.5. The average molecular weight is 341 g/mol. The number of carbonyl (C=O) groups is 2. The summed E-state index contributed by atoms with van der Waals surface area (Å²) in [6, 6.07) is 14.8. The van der Waals surface area contributed by atoms with E-state index in [0.29, 0.717) is 18.6 Å². The minimum atomic E-state index is -0.865. The van der Waals surface area contributed by atoms with E-state index >= 15 is 0 Å². The Morgan fingerprint density at radius 1 is 1.16 bits per heavy atom. The summed E-state index contributed by atoms with van der Waals surface area (Å²) in [7, 11) is 0. The molecule has 5 heteroatoms. The van der Waals surface area contributed by atoms with E-state index in [9.17, 15) is 9.59 Å². The van der Waals surface area contributed by atoms with Crippen LogP contribution in [-0.2, 0) is 4.79 Å². The lowest BCUT2D eigenvalue weighted by molar-refractivity contribution is -0.137. The first-order valence-corrected chi connectivity index (χ1v) is 8.36. The fraction of sp³-hybridized carbons (Fsp3) is 0.300. The number of hydrogen-bond acceptors (Lipinski definition) is 3. The van der Waals surface area contributed by atoms with E-state index in [1.54, 1.807) is 13.0 Å². The number of hydrogen-bond donors (Lipinski definition) is 2. The van der Waals surface area contributed by atoms with Gasteiger partial charge in [0.25, 0.3) is 5.91 Å². The molecule has 0 saturated heterocycles. The molecule has 5 nitrogen and oxygen atoms in total. The minimum Gasteiger partial charge on any atom is -0.493 e. The summed E-state index contributed by atoms with van der Waals surface area (Å²) in [6.45, 7) is 4.30. The number of amides is 1. The van der Waals surface area contributed by atoms with E-state index in [4.69, 9.17) is 9.84 Å². The zero-order valence-corrected chi connectivity index (χ0v) is 14.5. The topological polar surface area (TPSA) is 75.6 Å². The van der Waals surface area contributed by atoms with Crippen molar-refractivity contribution in [2.75, 3.05) is 6.61 Å². The maximum absolute atomic E-state index is 12.4. The lowest BCUT2D eigenvalue weighted by Gasteiger charge is -2.14. The van der Waals surface area contributed by atoms with Crippen LogP contribution in [0, 0.1) is 0 Å². The maximum Gasteiger partial charge on any atom is 0.303 e. The number of para-hydroxylation sites is 1. The molecule has 2 rings (SSSR count). The maximum atomic E-state index is 12.4. The third-order valence-electron chi connectivity index (χ3n) is 3.79. The Bertz CT molecular complexity index is 742. The number of rotatable bonds is 8. The SMILES string of the molecule is CCOc1ccccc1-c1cccc(C(=O)NC(C)CCC(=O)O)c1. The molecule has 2 aromatic rings. The second-order valence-electron chi connectivity index (χ2n) is 5.82. The normalized spacial score (nSPS) is 11.6. The molecule has 1 unspecified atom stereocenters. The van der Waals surface area contributed by atoms with Gasteiger partial charge in [-0.15, -0.1) is 0 Å². The van der Waals surface area contributed by atoms with Gasteiger partial charge in [-0.3, -0.25) is 9.59 Å². The molecule has 0 fully saturated rings. The second-order valence-corrected chi connectivity index (χ2v) is 5.82. The van der Waals surface area contributed by atoms with Crippen LogP contribution in [0.1, 0.15) is 37.0 Å². The Kier molecular flexibility index (Phi) is 6.57. The van der Waals surface area contributed by atoms with Crippen molar-refractivity contribution >= 4 is 11.9 Å². The summed E-state index contributed by atoms with van der Waals surface area (Å²) < 4.78 is 5.65. The molecule has 0 bridgehead atoms. The van der Waals surface area contributed by atoms with Gasteiger partial charge in [-0.1, -0.05) is 30.3 Å². The summed E-state index contributed by atoms with van der Waals surface area (Å²) >= 11 is 0. The first kappa shape index (κ1) is 18.5. The smallest absolute Gasteiger partial charge is 0.303 e. The number of carboxylic acid groups (broad SMARTS) is 1. The highest BCUT2D eigenvalue weighted by Gasteiger charge is 2.13. The number of nitrogens with one attached hydrogen (secondary N) is 1. The lowest BCUT2D eigenvalue weighted by atomic mass is 10.0. The predicted octanol–water partition coefficient (Wildman–Crippen LogP) is 3.74. The van der Waals surface area contributed by atoms with Crippen molar-refractivity contribution in [3.8, 4) is 16.9 Å². The van der Waals surface area contributed by atoms with Gasteiger partial charge in [-0.05, 0) is 44.0 Å². The Balaban J connectivity index is 2.16. The Morgan fingerprint density at radius 3 is 2.64 bits per heavy atom. The molecule has 1 amide bonds. The van der Waals surface area contributed by atoms with Crippen LogP contribution in [0.3, 0.4) is 0 Å². The van der Waals surface area contributed by atoms with Crippen molar-refractivity contribution < 1.29 is 19.4 Å². The van der Waals surface area contributed by atoms with Crippen LogP contribution in [0.5, 0.6) is 5.75 Å². The van der Waals surface area contributed by atoms with Crippen molar-refractivity contribution in [2.45, 2.75) is 32.7 Å². The number of aliphatic carboxylic acids is 1. The average Bonchev–Trinajstić information content (AvgIpc) is 2.61. The summed E-state index contributed by atoms with van der Waals surface area (Å²) in [5.41, 5.74) is 2.36. The number of carbonyl (C=O) groups excluding carboxylic acids is 1. The molecular formula is C20H23NO4. The number of ether oxygens (including phenoxy) is 1. The van der Waals surface area contributed by atoms with Gasteiger partial charge < -0.3 is 15.2 Å². The quantitative estimate of drug-likeness (QED) is 0.767. The van der Waals surface area contributed by atoms with Crippen LogP contribution in [0.4, 0.5) is 0 Å². The zero-order valence-electron chi connectivity index (χ0n) is 14.5. The molecule has 25 heavy (non-hydrogen) atoms. The van der Waals surface area contributed by atoms with Gasteiger partial charge in [0, 0.05) is 23.6 Å². The third-order valence-corrected chi connectivity index (χ3v) is 3.79. The van der Waals surface area contributed by atoms with E-state index in [0.717, 1.165) is 16.9 Å². The van der Waals surface area contributed by atoms with Crippen LogP contribution in [-0.4, -0.2) is 29.6 Å². The van der Waals surface area contributed by atoms with Gasteiger partial charge >= 0.3 is 5.97 Å². The standard InChI is InChI=1S/C20H23NO4/c1-3-25-18-10-5-4-9-17(18)15-7-6-8-16(13-15)20(24)21-14(2)11-12-19(22)23/h4-10,13-14H,3,11-12H2,1-2H3,(H,21,24)(H,22,23). The monoisotopic (exact) mass is 341 g/mol. The molecule has 0 aliphatic carbocycles. The summed E-state index contributed by atoms with van der Waals surface area (Å²) in [6.07, 6.45) is 0.428. The molecule has 132 valence electrons. The van der Waals surface area contributed by atoms with Crippen molar-refractivity contribution in [3.63, 3.8) is 0 Å². The second kappa shape index (κ2) is 8.87. The molecule has 0 saturated carbocycles. The molecule has 0 heterocycles. The van der Waals surface area contributed by atoms with Crippen LogP contribution in [0.2, 0.25) is 0 Å². The third kappa shape index (κ3) is 5.35. The van der Waals surface area contributed by atoms with E-state index in [2.05, 4.69) is 5.32 Å². The van der Waals surface area contributed by atoms with Gasteiger partial charge in [0.2, 0.25) is 0 Å². The van der Waals surface area contributed by atoms with E-state index in [-0.39, 0.29) is 18.4 Å². The zero-order chi connectivity index (χ0) is 18.2. The Labute approximate surface area is 147 Å². The molecule has 2 aromatic carbocycles. The van der Waals surface area contributed by atoms with Crippen molar-refractivity contribution in [1.29, 1.82) is 0 Å². The van der Waals surface area contributed by atoms with Gasteiger partial charge in [-0.2, -0.15) is 0 Å². The number of benzene rings is 2. The first-order chi connectivity index (χ1) is 12.0. The Hall–Kier alpha value is -2.82. The van der Waals surface area contributed by atoms with E-state index in [1.807, 2.05) is 49.4 Å². The fourth-order valence-electron chi connectivity index (χ4n) is 2.53. The first-order valence-electron chi connectivity index (χ1n) is 8.36. The van der Waals surface area contributed by atoms with Gasteiger partial charge in [-0.25, -0.2) is 0 Å². The molecule has 2 N–H and O–H groups in total. The number of carboxylic acids is 1. The Morgan fingerprint density at radius 2 is 1.92 bits per heavy atom. The van der Waals surface area contributed by atoms with Gasteiger partial charge in [0.1, 0.15) is 5.75 Å². The molecule has 0 aliphatic heterocycles. The molecular weight excluding hydrogens is 318 g/mol.